The van der Waals surface area contributed by atoms with E-state index >= 15 is 0 Å². The van der Waals surface area contributed by atoms with Crippen LogP contribution < -0.4 is 4.74 Å². The molecule has 0 aliphatic carbocycles. The minimum atomic E-state index is -3.25. The first-order valence-corrected chi connectivity index (χ1v) is 11.3. The predicted molar refractivity (Wildman–Crippen MR) is 104 cm³/mol. The van der Waals surface area contributed by atoms with Gasteiger partial charge in [-0.3, -0.25) is 0 Å². The van der Waals surface area contributed by atoms with Crippen LogP contribution in [0.1, 0.15) is 44.3 Å². The van der Waals surface area contributed by atoms with Crippen LogP contribution in [0, 0.1) is 5.92 Å². The van der Waals surface area contributed by atoms with E-state index in [2.05, 4.69) is 10.1 Å². The molecule has 1 saturated heterocycles. The molecule has 0 spiro atoms. The van der Waals surface area contributed by atoms with Crippen LogP contribution in [0.3, 0.4) is 0 Å². The van der Waals surface area contributed by atoms with Gasteiger partial charge in [0.05, 0.1) is 4.90 Å². The van der Waals surface area contributed by atoms with Crippen LogP contribution in [-0.4, -0.2) is 53.5 Å². The molecule has 3 rings (SSSR count). The van der Waals surface area contributed by atoms with Gasteiger partial charge >= 0.3 is 6.09 Å². The zero-order chi connectivity index (χ0) is 21.2. The number of aromatic nitrogens is 2. The predicted octanol–water partition coefficient (Wildman–Crippen LogP) is 2.93. The number of likely N-dealkylation sites (tertiary alicyclic amines) is 1. The third-order valence-corrected chi connectivity index (χ3v) is 6.25. The highest BCUT2D eigenvalue weighted by Gasteiger charge is 2.35. The Morgan fingerprint density at radius 3 is 2.62 bits per heavy atom. The number of piperidine rings is 1. The normalized spacial score (nSPS) is 20.1. The quantitative estimate of drug-likeness (QED) is 0.752. The van der Waals surface area contributed by atoms with Gasteiger partial charge in [0, 0.05) is 24.8 Å². The lowest BCUT2D eigenvalue weighted by Crippen LogP contribution is -2.47. The van der Waals surface area contributed by atoms with Crippen LogP contribution in [0.5, 0.6) is 5.75 Å². The van der Waals surface area contributed by atoms with Crippen molar-refractivity contribution in [1.29, 1.82) is 0 Å². The molecule has 1 amide bonds. The van der Waals surface area contributed by atoms with Crippen LogP contribution in [0.25, 0.3) is 0 Å². The minimum Gasteiger partial charge on any atom is -0.484 e. The van der Waals surface area contributed by atoms with E-state index in [4.69, 9.17) is 9.26 Å². The summed E-state index contributed by atoms with van der Waals surface area (Å²) in [6.45, 7) is 4.52. The van der Waals surface area contributed by atoms with E-state index in [0.717, 1.165) is 6.26 Å². The van der Waals surface area contributed by atoms with Crippen LogP contribution in [-0.2, 0) is 16.4 Å². The molecule has 1 aromatic heterocycles. The van der Waals surface area contributed by atoms with Crippen LogP contribution >= 0.6 is 0 Å². The van der Waals surface area contributed by atoms with Gasteiger partial charge in [-0.15, -0.1) is 0 Å². The third kappa shape index (κ3) is 5.06. The van der Waals surface area contributed by atoms with E-state index in [0.29, 0.717) is 36.9 Å². The largest absolute Gasteiger partial charge is 0.484 e. The molecule has 0 bridgehead atoms. The molecular weight excluding hydrogens is 398 g/mol. The van der Waals surface area contributed by atoms with E-state index in [9.17, 15) is 18.3 Å². The summed E-state index contributed by atoms with van der Waals surface area (Å²) in [5.41, 5.74) is 0. The van der Waals surface area contributed by atoms with Crippen molar-refractivity contribution >= 4 is 15.9 Å². The molecule has 2 atom stereocenters. The summed E-state index contributed by atoms with van der Waals surface area (Å²) < 4.78 is 33.8. The van der Waals surface area contributed by atoms with Gasteiger partial charge in [-0.2, -0.15) is 4.98 Å². The van der Waals surface area contributed by atoms with Gasteiger partial charge in [0.2, 0.25) is 0 Å². The lowest BCUT2D eigenvalue weighted by Gasteiger charge is -2.39. The first kappa shape index (κ1) is 21.1. The first-order chi connectivity index (χ1) is 13.6. The number of carbonyl (C=O) groups is 1. The zero-order valence-electron chi connectivity index (χ0n) is 16.6. The molecule has 2 unspecified atom stereocenters. The molecule has 158 valence electrons. The summed E-state index contributed by atoms with van der Waals surface area (Å²) in [6.07, 6.45) is 1.54. The standard InChI is InChI=1S/C19H25N3O6S/c1-12(2)16-10-13(8-9-22(16)19(23)24)18-20-17(28-21-18)11-27-14-4-6-15(7-5-14)29(3,25)26/h4-7,12-13,16H,8-11H2,1-3H3,(H,23,24). The highest BCUT2D eigenvalue weighted by molar-refractivity contribution is 7.90. The van der Waals surface area contributed by atoms with Crippen LogP contribution in [0.4, 0.5) is 4.79 Å². The fourth-order valence-electron chi connectivity index (χ4n) is 3.52. The van der Waals surface area contributed by atoms with E-state index in [1.54, 1.807) is 12.1 Å². The van der Waals surface area contributed by atoms with Gasteiger partial charge in [0.25, 0.3) is 5.89 Å². The molecule has 1 fully saturated rings. The molecule has 9 nitrogen and oxygen atoms in total. The number of carboxylic acid groups (broad SMARTS) is 1. The molecule has 29 heavy (non-hydrogen) atoms. The Balaban J connectivity index is 1.61. The highest BCUT2D eigenvalue weighted by Crippen LogP contribution is 2.33. The number of amides is 1. The van der Waals surface area contributed by atoms with Gasteiger partial charge in [0.1, 0.15) is 5.75 Å². The van der Waals surface area contributed by atoms with Crippen molar-refractivity contribution in [2.24, 2.45) is 5.92 Å². The van der Waals surface area contributed by atoms with Crippen molar-refractivity contribution in [3.63, 3.8) is 0 Å². The van der Waals surface area contributed by atoms with E-state index < -0.39 is 15.9 Å². The number of hydrogen-bond donors (Lipinski definition) is 1. The average Bonchev–Trinajstić information content (AvgIpc) is 3.14. The molecule has 1 aliphatic rings. The molecule has 1 aromatic carbocycles. The fourth-order valence-corrected chi connectivity index (χ4v) is 4.15. The summed E-state index contributed by atoms with van der Waals surface area (Å²) in [7, 11) is -3.25. The summed E-state index contributed by atoms with van der Waals surface area (Å²) in [6, 6.07) is 6.02. The average molecular weight is 423 g/mol. The lowest BCUT2D eigenvalue weighted by atomic mass is 9.85. The van der Waals surface area contributed by atoms with Crippen LogP contribution in [0.2, 0.25) is 0 Å². The van der Waals surface area contributed by atoms with Crippen molar-refractivity contribution in [2.45, 2.75) is 50.2 Å². The Bertz CT molecular complexity index is 955. The van der Waals surface area contributed by atoms with Crippen molar-refractivity contribution in [3.8, 4) is 5.75 Å². The van der Waals surface area contributed by atoms with Crippen molar-refractivity contribution in [1.82, 2.24) is 15.0 Å². The first-order valence-electron chi connectivity index (χ1n) is 9.40. The summed E-state index contributed by atoms with van der Waals surface area (Å²) >= 11 is 0. The molecule has 1 N–H and O–H groups in total. The van der Waals surface area contributed by atoms with Gasteiger partial charge in [-0.05, 0) is 43.0 Å². The fraction of sp³-hybridized carbons (Fsp3) is 0.526. The van der Waals surface area contributed by atoms with Gasteiger partial charge < -0.3 is 19.3 Å². The summed E-state index contributed by atoms with van der Waals surface area (Å²) in [5.74, 6) is 1.59. The van der Waals surface area contributed by atoms with Gasteiger partial charge in [-0.1, -0.05) is 19.0 Å². The third-order valence-electron chi connectivity index (χ3n) is 5.12. The molecule has 2 aromatic rings. The Hall–Kier alpha value is -2.62. The number of rotatable bonds is 6. The SMILES string of the molecule is CC(C)C1CC(c2noc(COc3ccc(S(C)(=O)=O)cc3)n2)CCN1C(=O)O. The second kappa shape index (κ2) is 8.40. The Labute approximate surface area is 169 Å². The van der Waals surface area contributed by atoms with E-state index in [1.807, 2.05) is 13.8 Å². The smallest absolute Gasteiger partial charge is 0.407 e. The topological polar surface area (TPSA) is 123 Å². The molecule has 2 heterocycles. The van der Waals surface area contributed by atoms with Crippen molar-refractivity contribution < 1.29 is 27.6 Å². The monoisotopic (exact) mass is 423 g/mol. The van der Waals surface area contributed by atoms with E-state index in [-0.39, 0.29) is 29.4 Å². The maximum atomic E-state index is 11.5. The van der Waals surface area contributed by atoms with Gasteiger partial charge in [-0.25, -0.2) is 13.2 Å². The molecule has 0 saturated carbocycles. The zero-order valence-corrected chi connectivity index (χ0v) is 17.4. The lowest BCUT2D eigenvalue weighted by molar-refractivity contribution is 0.0814. The van der Waals surface area contributed by atoms with E-state index in [1.165, 1.54) is 17.0 Å². The van der Waals surface area contributed by atoms with Crippen molar-refractivity contribution in [2.75, 3.05) is 12.8 Å². The maximum Gasteiger partial charge on any atom is 0.407 e. The number of ether oxygens (including phenoxy) is 1. The number of nitrogens with zero attached hydrogens (tertiary/aromatic N) is 3. The molecule has 1 aliphatic heterocycles. The molecule has 10 heteroatoms. The minimum absolute atomic E-state index is 0.0320. The molecular formula is C19H25N3O6S. The second-order valence-corrected chi connectivity index (χ2v) is 9.60. The van der Waals surface area contributed by atoms with Gasteiger partial charge in [0.15, 0.2) is 22.3 Å². The summed E-state index contributed by atoms with van der Waals surface area (Å²) in [5, 5.41) is 13.4. The Morgan fingerprint density at radius 1 is 1.34 bits per heavy atom. The number of benzene rings is 1. The number of sulfone groups is 1. The van der Waals surface area contributed by atoms with Crippen LogP contribution in [0.15, 0.2) is 33.7 Å². The summed E-state index contributed by atoms with van der Waals surface area (Å²) in [4.78, 5) is 17.6. The molecule has 0 radical (unpaired) electrons. The van der Waals surface area contributed by atoms with Crippen molar-refractivity contribution in [3.05, 3.63) is 36.0 Å². The Morgan fingerprint density at radius 2 is 2.03 bits per heavy atom. The maximum absolute atomic E-state index is 11.5. The second-order valence-electron chi connectivity index (χ2n) is 7.59. The number of hydrogen-bond acceptors (Lipinski definition) is 7. The Kier molecular flexibility index (Phi) is 6.11. The highest BCUT2D eigenvalue weighted by atomic mass is 32.2.